The summed E-state index contributed by atoms with van der Waals surface area (Å²) in [6.45, 7) is 4.11. The summed E-state index contributed by atoms with van der Waals surface area (Å²) in [5.41, 5.74) is 5.86. The zero-order chi connectivity index (χ0) is 21.9. The zero-order valence-electron chi connectivity index (χ0n) is 19.0. The van der Waals surface area contributed by atoms with Crippen LogP contribution in [-0.4, -0.2) is 31.2 Å². The van der Waals surface area contributed by atoms with Crippen LogP contribution in [0.25, 0.3) is 0 Å². The molecule has 172 valence electrons. The summed E-state index contributed by atoms with van der Waals surface area (Å²) in [5, 5.41) is 0. The Kier molecular flexibility index (Phi) is 7.09. The standard InChI is InChI=1S/C27H28N2O3.ClH/c1-19-8-10-22(11-9-19)28-27-29-14-12-21-16-25(30-2)26(17-23(21)24(29)13-15-31-27)32-18-20-6-4-3-5-7-20;/h3-11,16-17,24H,12-15,18H2,1-2H3;1H. The SMILES string of the molecule is COc1cc2c(cc1OCc1ccccc1)C1CCOC(=Nc3ccc(C)cc3)N1CC2.Cl. The third-order valence-corrected chi connectivity index (χ3v) is 6.15. The molecule has 5 rings (SSSR count). The first kappa shape index (κ1) is 23.0. The molecular formula is C27H29ClN2O3. The fraction of sp³-hybridized carbons (Fsp3) is 0.296. The number of amidine groups is 1. The lowest BCUT2D eigenvalue weighted by molar-refractivity contribution is 0.118. The normalized spacial score (nSPS) is 17.9. The predicted octanol–water partition coefficient (Wildman–Crippen LogP) is 6.01. The van der Waals surface area contributed by atoms with Gasteiger partial charge in [-0.2, -0.15) is 4.99 Å². The minimum atomic E-state index is 0. The molecule has 2 aliphatic rings. The maximum Gasteiger partial charge on any atom is 0.293 e. The molecule has 0 spiro atoms. The Balaban J connectivity index is 0.00000259. The van der Waals surface area contributed by atoms with Crippen molar-refractivity contribution in [2.24, 2.45) is 4.99 Å². The van der Waals surface area contributed by atoms with Crippen molar-refractivity contribution >= 4 is 24.1 Å². The summed E-state index contributed by atoms with van der Waals surface area (Å²) in [7, 11) is 1.70. The maximum absolute atomic E-state index is 6.19. The van der Waals surface area contributed by atoms with Gasteiger partial charge in [0.15, 0.2) is 11.5 Å². The van der Waals surface area contributed by atoms with Gasteiger partial charge in [-0.15, -0.1) is 12.4 Å². The van der Waals surface area contributed by atoms with Crippen LogP contribution in [0.2, 0.25) is 0 Å². The summed E-state index contributed by atoms with van der Waals surface area (Å²) in [5.74, 6) is 1.56. The first-order chi connectivity index (χ1) is 15.7. The van der Waals surface area contributed by atoms with Gasteiger partial charge in [-0.05, 0) is 54.3 Å². The third-order valence-electron chi connectivity index (χ3n) is 6.15. The molecule has 0 bridgehead atoms. The van der Waals surface area contributed by atoms with Crippen molar-refractivity contribution in [2.75, 3.05) is 20.3 Å². The number of aryl methyl sites for hydroxylation is 1. The largest absolute Gasteiger partial charge is 0.493 e. The van der Waals surface area contributed by atoms with Crippen LogP contribution < -0.4 is 9.47 Å². The molecule has 0 aliphatic carbocycles. The van der Waals surface area contributed by atoms with Gasteiger partial charge in [0.1, 0.15) is 6.61 Å². The Bertz CT molecular complexity index is 1120. The Labute approximate surface area is 201 Å². The lowest BCUT2D eigenvalue weighted by Gasteiger charge is -2.42. The van der Waals surface area contributed by atoms with E-state index in [0.717, 1.165) is 42.1 Å². The van der Waals surface area contributed by atoms with Gasteiger partial charge in [-0.3, -0.25) is 0 Å². The molecule has 0 aromatic heterocycles. The van der Waals surface area contributed by atoms with Crippen LogP contribution in [0.5, 0.6) is 11.5 Å². The van der Waals surface area contributed by atoms with Crippen LogP contribution in [0.15, 0.2) is 71.7 Å². The Hall–Kier alpha value is -3.18. The molecule has 0 saturated carbocycles. The number of halogens is 1. The number of rotatable bonds is 5. The molecule has 2 heterocycles. The molecule has 1 fully saturated rings. The number of methoxy groups -OCH3 is 1. The van der Waals surface area contributed by atoms with Gasteiger partial charge in [0.25, 0.3) is 6.02 Å². The summed E-state index contributed by atoms with van der Waals surface area (Å²) < 4.78 is 17.8. The third kappa shape index (κ3) is 4.93. The topological polar surface area (TPSA) is 43.3 Å². The summed E-state index contributed by atoms with van der Waals surface area (Å²) in [6, 6.07) is 23.6. The molecule has 0 N–H and O–H groups in total. The Morgan fingerprint density at radius 2 is 1.82 bits per heavy atom. The Morgan fingerprint density at radius 3 is 2.58 bits per heavy atom. The van der Waals surface area contributed by atoms with Crippen molar-refractivity contribution in [1.82, 2.24) is 4.90 Å². The monoisotopic (exact) mass is 464 g/mol. The van der Waals surface area contributed by atoms with E-state index in [9.17, 15) is 0 Å². The molecule has 3 aromatic rings. The Morgan fingerprint density at radius 1 is 1.03 bits per heavy atom. The van der Waals surface area contributed by atoms with Crippen LogP contribution in [0.1, 0.15) is 34.7 Å². The van der Waals surface area contributed by atoms with Crippen LogP contribution in [0, 0.1) is 6.92 Å². The minimum absolute atomic E-state index is 0. The van der Waals surface area contributed by atoms with Gasteiger partial charge < -0.3 is 19.1 Å². The average Bonchev–Trinajstić information content (AvgIpc) is 2.84. The van der Waals surface area contributed by atoms with Crippen molar-refractivity contribution < 1.29 is 14.2 Å². The van der Waals surface area contributed by atoms with E-state index in [2.05, 4.69) is 48.2 Å². The van der Waals surface area contributed by atoms with E-state index in [-0.39, 0.29) is 18.4 Å². The number of hydrogen-bond donors (Lipinski definition) is 0. The van der Waals surface area contributed by atoms with Crippen LogP contribution in [-0.2, 0) is 17.8 Å². The molecule has 3 aromatic carbocycles. The highest BCUT2D eigenvalue weighted by Gasteiger charge is 2.35. The molecule has 1 unspecified atom stereocenters. The molecule has 0 amide bonds. The van der Waals surface area contributed by atoms with E-state index in [1.165, 1.54) is 16.7 Å². The number of benzene rings is 3. The summed E-state index contributed by atoms with van der Waals surface area (Å²) >= 11 is 0. The second kappa shape index (κ2) is 10.2. The second-order valence-corrected chi connectivity index (χ2v) is 8.30. The highest BCUT2D eigenvalue weighted by Crippen LogP contribution is 2.41. The number of ether oxygens (including phenoxy) is 3. The molecule has 6 heteroatoms. The molecule has 33 heavy (non-hydrogen) atoms. The minimum Gasteiger partial charge on any atom is -0.493 e. The lowest BCUT2D eigenvalue weighted by atomic mass is 9.90. The van der Waals surface area contributed by atoms with Crippen molar-refractivity contribution in [2.45, 2.75) is 32.4 Å². The fourth-order valence-electron chi connectivity index (χ4n) is 4.43. The lowest BCUT2D eigenvalue weighted by Crippen LogP contribution is -2.45. The maximum atomic E-state index is 6.19. The first-order valence-electron chi connectivity index (χ1n) is 11.1. The average molecular weight is 465 g/mol. The van der Waals surface area contributed by atoms with Gasteiger partial charge in [0, 0.05) is 13.0 Å². The van der Waals surface area contributed by atoms with Crippen molar-refractivity contribution in [3.63, 3.8) is 0 Å². The number of nitrogens with zero attached hydrogens (tertiary/aromatic N) is 2. The number of aliphatic imine (C=N–C) groups is 1. The number of fused-ring (bicyclic) bond motifs is 3. The molecular weight excluding hydrogens is 436 g/mol. The second-order valence-electron chi connectivity index (χ2n) is 8.30. The molecule has 1 atom stereocenters. The van der Waals surface area contributed by atoms with Crippen LogP contribution in [0.4, 0.5) is 5.69 Å². The quantitative estimate of drug-likeness (QED) is 0.463. The van der Waals surface area contributed by atoms with E-state index >= 15 is 0 Å². The zero-order valence-corrected chi connectivity index (χ0v) is 19.8. The number of hydrogen-bond acceptors (Lipinski definition) is 4. The van der Waals surface area contributed by atoms with Crippen LogP contribution >= 0.6 is 12.4 Å². The fourth-order valence-corrected chi connectivity index (χ4v) is 4.43. The van der Waals surface area contributed by atoms with Crippen molar-refractivity contribution in [1.29, 1.82) is 0 Å². The van der Waals surface area contributed by atoms with E-state index in [4.69, 9.17) is 19.2 Å². The predicted molar refractivity (Wildman–Crippen MR) is 133 cm³/mol. The van der Waals surface area contributed by atoms with Gasteiger partial charge >= 0.3 is 0 Å². The van der Waals surface area contributed by atoms with Gasteiger partial charge in [-0.25, -0.2) is 0 Å². The smallest absolute Gasteiger partial charge is 0.293 e. The van der Waals surface area contributed by atoms with Crippen molar-refractivity contribution in [3.05, 3.63) is 89.0 Å². The van der Waals surface area contributed by atoms with Crippen LogP contribution in [0.3, 0.4) is 0 Å². The van der Waals surface area contributed by atoms with Gasteiger partial charge in [0.05, 0.1) is 25.4 Å². The van der Waals surface area contributed by atoms with E-state index < -0.39 is 0 Å². The molecule has 2 aliphatic heterocycles. The van der Waals surface area contributed by atoms with Gasteiger partial charge in [-0.1, -0.05) is 48.0 Å². The van der Waals surface area contributed by atoms with E-state index in [1.54, 1.807) is 7.11 Å². The van der Waals surface area contributed by atoms with Gasteiger partial charge in [0.2, 0.25) is 0 Å². The van der Waals surface area contributed by atoms with E-state index in [0.29, 0.717) is 19.2 Å². The van der Waals surface area contributed by atoms with E-state index in [1.807, 2.05) is 30.3 Å². The van der Waals surface area contributed by atoms with Crippen molar-refractivity contribution in [3.8, 4) is 11.5 Å². The summed E-state index contributed by atoms with van der Waals surface area (Å²) in [6.07, 6.45) is 1.84. The molecule has 0 radical (unpaired) electrons. The molecule has 1 saturated heterocycles. The molecule has 5 nitrogen and oxygen atoms in total. The first-order valence-corrected chi connectivity index (χ1v) is 11.1. The highest BCUT2D eigenvalue weighted by molar-refractivity contribution is 5.85. The summed E-state index contributed by atoms with van der Waals surface area (Å²) in [4.78, 5) is 7.10. The highest BCUT2D eigenvalue weighted by atomic mass is 35.5.